The van der Waals surface area contributed by atoms with Gasteiger partial charge >= 0.3 is 0 Å². The lowest BCUT2D eigenvalue weighted by Gasteiger charge is -2.22. The summed E-state index contributed by atoms with van der Waals surface area (Å²) < 4.78 is 2.14. The third kappa shape index (κ3) is 3.51. The smallest absolute Gasteiger partial charge is 0.228 e. The summed E-state index contributed by atoms with van der Waals surface area (Å²) in [6.07, 6.45) is 7.76. The van der Waals surface area contributed by atoms with Crippen molar-refractivity contribution in [3.8, 4) is 11.1 Å². The molecule has 1 N–H and O–H groups in total. The van der Waals surface area contributed by atoms with E-state index in [4.69, 9.17) is 11.6 Å². The Kier molecular flexibility index (Phi) is 4.88. The molecule has 1 amide bonds. The molecule has 1 aromatic carbocycles. The van der Waals surface area contributed by atoms with Gasteiger partial charge in [0.25, 0.3) is 0 Å². The van der Waals surface area contributed by atoms with E-state index in [9.17, 15) is 4.79 Å². The highest BCUT2D eigenvalue weighted by Crippen LogP contribution is 2.37. The number of amides is 1. The Morgan fingerprint density at radius 2 is 1.82 bits per heavy atom. The van der Waals surface area contributed by atoms with Crippen molar-refractivity contribution in [3.63, 3.8) is 0 Å². The summed E-state index contributed by atoms with van der Waals surface area (Å²) >= 11 is 6.08. The Morgan fingerprint density at radius 3 is 2.46 bits per heavy atom. The molecule has 2 aromatic heterocycles. The Hall–Kier alpha value is -2.40. The van der Waals surface area contributed by atoms with Gasteiger partial charge in [0.05, 0.1) is 5.39 Å². The van der Waals surface area contributed by atoms with Crippen LogP contribution in [-0.2, 0) is 10.3 Å². The molecule has 4 rings (SSSR count). The number of rotatable bonds is 3. The second-order valence-corrected chi connectivity index (χ2v) is 8.92. The molecule has 5 nitrogen and oxygen atoms in total. The maximum Gasteiger partial charge on any atom is 0.228 e. The van der Waals surface area contributed by atoms with Gasteiger partial charge < -0.3 is 9.88 Å². The molecule has 1 aliphatic carbocycles. The molecule has 1 aliphatic rings. The summed E-state index contributed by atoms with van der Waals surface area (Å²) in [5, 5.41) is 4.64. The highest BCUT2D eigenvalue weighted by Gasteiger charge is 2.26. The van der Waals surface area contributed by atoms with Crippen LogP contribution in [0, 0.1) is 5.92 Å². The number of hydrogen-bond acceptors (Lipinski definition) is 3. The number of anilines is 1. The Bertz CT molecular complexity index is 1010. The molecule has 0 atom stereocenters. The summed E-state index contributed by atoms with van der Waals surface area (Å²) in [6, 6.07) is 7.72. The summed E-state index contributed by atoms with van der Waals surface area (Å²) in [4.78, 5) is 21.7. The first-order valence-corrected chi connectivity index (χ1v) is 10.2. The van der Waals surface area contributed by atoms with Crippen LogP contribution >= 0.6 is 11.6 Å². The number of carbonyl (C=O) groups excluding carboxylic acids is 1. The van der Waals surface area contributed by atoms with Crippen LogP contribution in [0.2, 0.25) is 5.02 Å². The minimum atomic E-state index is -0.163. The van der Waals surface area contributed by atoms with E-state index in [-0.39, 0.29) is 17.4 Å². The van der Waals surface area contributed by atoms with E-state index in [1.807, 2.05) is 24.3 Å². The molecule has 3 aromatic rings. The Balaban J connectivity index is 1.87. The lowest BCUT2D eigenvalue weighted by molar-refractivity contribution is -0.119. The number of carbonyl (C=O) groups is 1. The Morgan fingerprint density at radius 1 is 1.14 bits per heavy atom. The summed E-state index contributed by atoms with van der Waals surface area (Å²) in [5.74, 6) is 0.714. The summed E-state index contributed by atoms with van der Waals surface area (Å²) in [6.45, 7) is 6.41. The van der Waals surface area contributed by atoms with Gasteiger partial charge in [-0.3, -0.25) is 4.79 Å². The van der Waals surface area contributed by atoms with Crippen molar-refractivity contribution in [2.24, 2.45) is 5.92 Å². The number of hydrogen-bond donors (Lipinski definition) is 1. The van der Waals surface area contributed by atoms with Gasteiger partial charge in [-0.15, -0.1) is 0 Å². The van der Waals surface area contributed by atoms with Crippen LogP contribution in [0.1, 0.15) is 46.5 Å². The first kappa shape index (κ1) is 18.9. The van der Waals surface area contributed by atoms with E-state index in [0.717, 1.165) is 47.8 Å². The van der Waals surface area contributed by atoms with Crippen LogP contribution in [-0.4, -0.2) is 20.4 Å². The van der Waals surface area contributed by atoms with Gasteiger partial charge in [0.2, 0.25) is 5.91 Å². The SMILES string of the molecule is CC(C)(C)n1cc(-c2ccc(Cl)cc2)c2c(NC(=O)C3CCCC3)ncnc21. The highest BCUT2D eigenvalue weighted by atomic mass is 35.5. The topological polar surface area (TPSA) is 59.8 Å². The molecule has 0 unspecified atom stereocenters. The average Bonchev–Trinajstić information content (AvgIpc) is 3.30. The van der Waals surface area contributed by atoms with E-state index in [2.05, 4.69) is 46.8 Å². The summed E-state index contributed by atoms with van der Waals surface area (Å²) in [7, 11) is 0. The van der Waals surface area contributed by atoms with Crippen LogP contribution in [0.5, 0.6) is 0 Å². The van der Waals surface area contributed by atoms with Crippen molar-refractivity contribution in [2.75, 3.05) is 5.32 Å². The van der Waals surface area contributed by atoms with Gasteiger partial charge in [-0.1, -0.05) is 36.6 Å². The van der Waals surface area contributed by atoms with Crippen molar-refractivity contribution in [2.45, 2.75) is 52.0 Å². The molecular formula is C22H25ClN4O. The van der Waals surface area contributed by atoms with E-state index in [1.54, 1.807) is 0 Å². The number of nitrogens with one attached hydrogen (secondary N) is 1. The van der Waals surface area contributed by atoms with Crippen LogP contribution in [0.15, 0.2) is 36.8 Å². The van der Waals surface area contributed by atoms with Crippen molar-refractivity contribution < 1.29 is 4.79 Å². The minimum absolute atomic E-state index is 0.0584. The number of fused-ring (bicyclic) bond motifs is 1. The summed E-state index contributed by atoms with van der Waals surface area (Å²) in [5.41, 5.74) is 2.66. The fourth-order valence-corrected chi connectivity index (χ4v) is 4.05. The van der Waals surface area contributed by atoms with Crippen LogP contribution in [0.4, 0.5) is 5.82 Å². The highest BCUT2D eigenvalue weighted by molar-refractivity contribution is 6.30. The Labute approximate surface area is 170 Å². The van der Waals surface area contributed by atoms with Crippen molar-refractivity contribution in [1.29, 1.82) is 0 Å². The molecule has 1 saturated carbocycles. The van der Waals surface area contributed by atoms with E-state index < -0.39 is 0 Å². The fourth-order valence-electron chi connectivity index (χ4n) is 3.92. The van der Waals surface area contributed by atoms with Gasteiger partial charge in [-0.25, -0.2) is 9.97 Å². The number of nitrogens with zero attached hydrogens (tertiary/aromatic N) is 3. The maximum atomic E-state index is 12.8. The second-order valence-electron chi connectivity index (χ2n) is 8.48. The molecule has 0 spiro atoms. The molecule has 1 fully saturated rings. The van der Waals surface area contributed by atoms with Gasteiger partial charge in [0.15, 0.2) is 0 Å². The fraction of sp³-hybridized carbons (Fsp3) is 0.409. The third-order valence-corrected chi connectivity index (χ3v) is 5.68. The number of benzene rings is 1. The largest absolute Gasteiger partial charge is 0.326 e. The monoisotopic (exact) mass is 396 g/mol. The molecule has 0 aliphatic heterocycles. The van der Waals surface area contributed by atoms with Crippen molar-refractivity contribution >= 4 is 34.4 Å². The lowest BCUT2D eigenvalue weighted by atomic mass is 10.1. The normalized spacial score (nSPS) is 15.3. The predicted octanol–water partition coefficient (Wildman–Crippen LogP) is 5.64. The second kappa shape index (κ2) is 7.21. The predicted molar refractivity (Wildman–Crippen MR) is 114 cm³/mol. The quantitative estimate of drug-likeness (QED) is 0.623. The molecule has 0 bridgehead atoms. The average molecular weight is 397 g/mol. The first-order valence-electron chi connectivity index (χ1n) is 9.78. The molecule has 146 valence electrons. The van der Waals surface area contributed by atoms with Crippen LogP contribution < -0.4 is 5.32 Å². The van der Waals surface area contributed by atoms with Crippen LogP contribution in [0.25, 0.3) is 22.2 Å². The van der Waals surface area contributed by atoms with Crippen molar-refractivity contribution in [3.05, 3.63) is 41.8 Å². The van der Waals surface area contributed by atoms with E-state index in [0.29, 0.717) is 10.8 Å². The zero-order chi connectivity index (χ0) is 19.9. The van der Waals surface area contributed by atoms with Crippen LogP contribution in [0.3, 0.4) is 0 Å². The van der Waals surface area contributed by atoms with Crippen molar-refractivity contribution in [1.82, 2.24) is 14.5 Å². The molecular weight excluding hydrogens is 372 g/mol. The molecule has 0 radical (unpaired) electrons. The molecule has 6 heteroatoms. The zero-order valence-corrected chi connectivity index (χ0v) is 17.3. The molecule has 0 saturated heterocycles. The number of halogens is 1. The maximum absolute atomic E-state index is 12.8. The third-order valence-electron chi connectivity index (χ3n) is 5.43. The zero-order valence-electron chi connectivity index (χ0n) is 16.5. The minimum Gasteiger partial charge on any atom is -0.326 e. The van der Waals surface area contributed by atoms with E-state index >= 15 is 0 Å². The lowest BCUT2D eigenvalue weighted by Crippen LogP contribution is -2.22. The molecule has 2 heterocycles. The first-order chi connectivity index (χ1) is 13.3. The standard InChI is InChI=1S/C22H25ClN4O/c1-22(2,3)27-12-17(14-8-10-16(23)11-9-14)18-19(24-13-25-20(18)27)26-21(28)15-6-4-5-7-15/h8-13,15H,4-7H2,1-3H3,(H,24,25,26,28). The van der Waals surface area contributed by atoms with Gasteiger partial charge in [-0.2, -0.15) is 0 Å². The van der Waals surface area contributed by atoms with Gasteiger partial charge in [0, 0.05) is 28.2 Å². The molecule has 28 heavy (non-hydrogen) atoms. The van der Waals surface area contributed by atoms with E-state index in [1.165, 1.54) is 6.33 Å². The van der Waals surface area contributed by atoms with Gasteiger partial charge in [0.1, 0.15) is 17.8 Å². The van der Waals surface area contributed by atoms with Gasteiger partial charge in [-0.05, 0) is 51.3 Å². The number of aromatic nitrogens is 3.